The summed E-state index contributed by atoms with van der Waals surface area (Å²) in [5.41, 5.74) is 0.537. The summed E-state index contributed by atoms with van der Waals surface area (Å²) in [6, 6.07) is 6.77. The molecule has 0 bridgehead atoms. The van der Waals surface area contributed by atoms with Crippen LogP contribution in [0.1, 0.15) is 62.2 Å². The Morgan fingerprint density at radius 1 is 1.30 bits per heavy atom. The molecule has 0 radical (unpaired) electrons. The molecule has 0 aliphatic heterocycles. The number of terminal acetylenes is 1. The Morgan fingerprint density at radius 3 is 2.63 bits per heavy atom. The summed E-state index contributed by atoms with van der Waals surface area (Å²) < 4.78 is 0.714. The summed E-state index contributed by atoms with van der Waals surface area (Å²) in [4.78, 5) is 28.0. The standard InChI is InChI=1S/C22H29BrN2O2/c1-3-5-15-24-21(26)20(17-11-7-6-8-12-17)25(16-4-2)22(27)18-13-9-10-14-19(18)23/h2,9-10,13-14,17,20H,3,5-8,11-12,15-16H2,1H3,(H,24,26). The first kappa shape index (κ1) is 21.5. The Kier molecular flexibility index (Phi) is 8.87. The minimum atomic E-state index is -0.516. The lowest BCUT2D eigenvalue weighted by Crippen LogP contribution is -2.54. The van der Waals surface area contributed by atoms with Gasteiger partial charge < -0.3 is 10.2 Å². The van der Waals surface area contributed by atoms with E-state index in [9.17, 15) is 9.59 Å². The van der Waals surface area contributed by atoms with Crippen molar-refractivity contribution in [3.05, 3.63) is 34.3 Å². The smallest absolute Gasteiger partial charge is 0.256 e. The number of hydrogen-bond acceptors (Lipinski definition) is 2. The predicted molar refractivity (Wildman–Crippen MR) is 112 cm³/mol. The van der Waals surface area contributed by atoms with Gasteiger partial charge in [0.1, 0.15) is 6.04 Å². The molecule has 146 valence electrons. The Labute approximate surface area is 171 Å². The molecule has 2 rings (SSSR count). The van der Waals surface area contributed by atoms with Crippen molar-refractivity contribution >= 4 is 27.7 Å². The Balaban J connectivity index is 2.32. The third kappa shape index (κ3) is 5.84. The molecule has 2 amide bonds. The normalized spacial score (nSPS) is 15.6. The molecule has 0 saturated heterocycles. The highest BCUT2D eigenvalue weighted by Crippen LogP contribution is 2.30. The maximum Gasteiger partial charge on any atom is 0.256 e. The van der Waals surface area contributed by atoms with Crippen LogP contribution in [-0.4, -0.2) is 35.8 Å². The number of rotatable bonds is 8. The van der Waals surface area contributed by atoms with E-state index in [1.54, 1.807) is 11.0 Å². The molecule has 1 aromatic carbocycles. The number of halogens is 1. The maximum absolute atomic E-state index is 13.3. The van der Waals surface area contributed by atoms with Crippen molar-refractivity contribution in [2.24, 2.45) is 5.92 Å². The zero-order chi connectivity index (χ0) is 19.6. The molecule has 5 heteroatoms. The molecule has 27 heavy (non-hydrogen) atoms. The molecule has 1 N–H and O–H groups in total. The molecule has 1 unspecified atom stereocenters. The van der Waals surface area contributed by atoms with Crippen LogP contribution in [0.3, 0.4) is 0 Å². The lowest BCUT2D eigenvalue weighted by atomic mass is 9.82. The molecule has 0 spiro atoms. The minimum Gasteiger partial charge on any atom is -0.354 e. The predicted octanol–water partition coefficient (Wildman–Crippen LogP) is 4.39. The summed E-state index contributed by atoms with van der Waals surface area (Å²) >= 11 is 3.45. The van der Waals surface area contributed by atoms with Crippen molar-refractivity contribution in [3.8, 4) is 12.3 Å². The highest BCUT2D eigenvalue weighted by Gasteiger charge is 2.37. The number of hydrogen-bond donors (Lipinski definition) is 1. The summed E-state index contributed by atoms with van der Waals surface area (Å²) in [6.07, 6.45) is 12.8. The number of unbranched alkanes of at least 4 members (excludes halogenated alkanes) is 1. The van der Waals surface area contributed by atoms with E-state index in [2.05, 4.69) is 34.1 Å². The van der Waals surface area contributed by atoms with E-state index in [1.165, 1.54) is 6.42 Å². The summed E-state index contributed by atoms with van der Waals surface area (Å²) in [7, 11) is 0. The SMILES string of the molecule is C#CCN(C(=O)c1ccccc1Br)C(C(=O)NCCCC)C1CCCCC1. The van der Waals surface area contributed by atoms with Crippen molar-refractivity contribution in [3.63, 3.8) is 0 Å². The van der Waals surface area contributed by atoms with Crippen LogP contribution in [0.25, 0.3) is 0 Å². The van der Waals surface area contributed by atoms with Crippen LogP contribution in [0.5, 0.6) is 0 Å². The zero-order valence-corrected chi connectivity index (χ0v) is 17.6. The molecule has 1 saturated carbocycles. The van der Waals surface area contributed by atoms with Gasteiger partial charge in [-0.1, -0.05) is 50.7 Å². The molecule has 4 nitrogen and oxygen atoms in total. The summed E-state index contributed by atoms with van der Waals surface area (Å²) in [6.45, 7) is 2.85. The molecule has 1 aliphatic rings. The van der Waals surface area contributed by atoms with Gasteiger partial charge in [0.25, 0.3) is 5.91 Å². The molecular weight excluding hydrogens is 404 g/mol. The zero-order valence-electron chi connectivity index (χ0n) is 16.0. The van der Waals surface area contributed by atoms with Gasteiger partial charge in [0.05, 0.1) is 12.1 Å². The number of amides is 2. The second kappa shape index (κ2) is 11.1. The van der Waals surface area contributed by atoms with Crippen molar-refractivity contribution in [1.29, 1.82) is 0 Å². The Morgan fingerprint density at radius 2 is 2.00 bits per heavy atom. The molecule has 1 aliphatic carbocycles. The van der Waals surface area contributed by atoms with Crippen molar-refractivity contribution in [1.82, 2.24) is 10.2 Å². The number of nitrogens with zero attached hydrogens (tertiary/aromatic N) is 1. The minimum absolute atomic E-state index is 0.0778. The van der Waals surface area contributed by atoms with Crippen LogP contribution >= 0.6 is 15.9 Å². The molecule has 0 heterocycles. The third-order valence-corrected chi connectivity index (χ3v) is 5.85. The number of benzene rings is 1. The van der Waals surface area contributed by atoms with Crippen molar-refractivity contribution in [2.45, 2.75) is 57.9 Å². The highest BCUT2D eigenvalue weighted by atomic mass is 79.9. The van der Waals surface area contributed by atoms with E-state index in [0.717, 1.165) is 38.5 Å². The van der Waals surface area contributed by atoms with Crippen LogP contribution in [0.15, 0.2) is 28.7 Å². The quantitative estimate of drug-likeness (QED) is 0.488. The van der Waals surface area contributed by atoms with Gasteiger partial charge in [-0.3, -0.25) is 9.59 Å². The van der Waals surface area contributed by atoms with Crippen LogP contribution in [-0.2, 0) is 4.79 Å². The van der Waals surface area contributed by atoms with Gasteiger partial charge in [0.2, 0.25) is 5.91 Å². The second-order valence-electron chi connectivity index (χ2n) is 7.10. The highest BCUT2D eigenvalue weighted by molar-refractivity contribution is 9.10. The van der Waals surface area contributed by atoms with Crippen LogP contribution in [0, 0.1) is 18.3 Å². The van der Waals surface area contributed by atoms with Gasteiger partial charge in [0, 0.05) is 11.0 Å². The average molecular weight is 433 g/mol. The van der Waals surface area contributed by atoms with Crippen molar-refractivity contribution in [2.75, 3.05) is 13.1 Å². The van der Waals surface area contributed by atoms with Gasteiger partial charge >= 0.3 is 0 Å². The third-order valence-electron chi connectivity index (χ3n) is 5.16. The van der Waals surface area contributed by atoms with E-state index >= 15 is 0 Å². The van der Waals surface area contributed by atoms with E-state index in [0.29, 0.717) is 16.6 Å². The summed E-state index contributed by atoms with van der Waals surface area (Å²) in [5, 5.41) is 3.03. The Bertz CT molecular complexity index is 677. The van der Waals surface area contributed by atoms with Gasteiger partial charge in [-0.05, 0) is 53.2 Å². The first-order chi connectivity index (χ1) is 13.1. The number of carbonyl (C=O) groups excluding carboxylic acids is 2. The Hall–Kier alpha value is -1.80. The monoisotopic (exact) mass is 432 g/mol. The van der Waals surface area contributed by atoms with Gasteiger partial charge in [-0.2, -0.15) is 0 Å². The molecular formula is C22H29BrN2O2. The molecule has 1 fully saturated rings. The van der Waals surface area contributed by atoms with Crippen molar-refractivity contribution < 1.29 is 9.59 Å². The van der Waals surface area contributed by atoms with Gasteiger partial charge in [-0.25, -0.2) is 0 Å². The lowest BCUT2D eigenvalue weighted by Gasteiger charge is -2.37. The fourth-order valence-corrected chi connectivity index (χ4v) is 4.19. The molecule has 1 atom stereocenters. The van der Waals surface area contributed by atoms with E-state index in [4.69, 9.17) is 6.42 Å². The van der Waals surface area contributed by atoms with Crippen LogP contribution in [0.4, 0.5) is 0 Å². The molecule has 0 aromatic heterocycles. The topological polar surface area (TPSA) is 49.4 Å². The lowest BCUT2D eigenvalue weighted by molar-refractivity contribution is -0.127. The molecule has 1 aromatic rings. The largest absolute Gasteiger partial charge is 0.354 e. The number of nitrogens with one attached hydrogen (secondary N) is 1. The van der Waals surface area contributed by atoms with Crippen LogP contribution in [0.2, 0.25) is 0 Å². The fraction of sp³-hybridized carbons (Fsp3) is 0.545. The van der Waals surface area contributed by atoms with Gasteiger partial charge in [0.15, 0.2) is 0 Å². The van der Waals surface area contributed by atoms with E-state index in [1.807, 2.05) is 18.2 Å². The first-order valence-corrected chi connectivity index (χ1v) is 10.7. The van der Waals surface area contributed by atoms with E-state index in [-0.39, 0.29) is 24.3 Å². The van der Waals surface area contributed by atoms with Gasteiger partial charge in [-0.15, -0.1) is 6.42 Å². The summed E-state index contributed by atoms with van der Waals surface area (Å²) in [5.74, 6) is 2.47. The maximum atomic E-state index is 13.3. The van der Waals surface area contributed by atoms with E-state index < -0.39 is 6.04 Å². The van der Waals surface area contributed by atoms with Crippen LogP contribution < -0.4 is 5.32 Å². The average Bonchev–Trinajstić information content (AvgIpc) is 2.68. The second-order valence-corrected chi connectivity index (χ2v) is 7.96. The fourth-order valence-electron chi connectivity index (χ4n) is 3.74. The number of carbonyl (C=O) groups is 2. The first-order valence-electron chi connectivity index (χ1n) is 9.86.